The molecule has 0 amide bonds. The van der Waals surface area contributed by atoms with Crippen molar-refractivity contribution >= 4 is 17.3 Å². The minimum Gasteiger partial charge on any atom is -0.598 e. The van der Waals surface area contributed by atoms with E-state index in [0.29, 0.717) is 12.8 Å². The standard InChI is InChI=1S/C18H29NO3S/c1-6-12-18(16(20)22-14-7-2)13-10-8-9-11-15(18)19-23(21)17(3,4)5/h1,7,15,19H,2,8-14H2,3-5H3/t15-,18-,23?/m1/s1. The van der Waals surface area contributed by atoms with Gasteiger partial charge in [0.25, 0.3) is 0 Å². The number of ether oxygens (including phenoxy) is 1. The maximum Gasteiger partial charge on any atom is 0.315 e. The molecule has 0 aromatic heterocycles. The third-order valence-electron chi connectivity index (χ3n) is 4.24. The summed E-state index contributed by atoms with van der Waals surface area (Å²) in [6.45, 7) is 9.48. The van der Waals surface area contributed by atoms with Crippen molar-refractivity contribution in [2.45, 2.75) is 70.1 Å². The lowest BCUT2D eigenvalue weighted by Gasteiger charge is -2.38. The van der Waals surface area contributed by atoms with Gasteiger partial charge in [0.2, 0.25) is 0 Å². The van der Waals surface area contributed by atoms with Crippen LogP contribution in [0.3, 0.4) is 0 Å². The van der Waals surface area contributed by atoms with E-state index in [1.807, 2.05) is 20.8 Å². The molecule has 0 saturated heterocycles. The van der Waals surface area contributed by atoms with Crippen LogP contribution in [-0.2, 0) is 20.9 Å². The maximum atomic E-state index is 12.8. The predicted molar refractivity (Wildman–Crippen MR) is 94.9 cm³/mol. The second-order valence-corrected chi connectivity index (χ2v) is 9.07. The summed E-state index contributed by atoms with van der Waals surface area (Å²) >= 11 is -1.26. The van der Waals surface area contributed by atoms with Crippen LogP contribution in [0.4, 0.5) is 0 Å². The van der Waals surface area contributed by atoms with Crippen LogP contribution < -0.4 is 4.72 Å². The fourth-order valence-electron chi connectivity index (χ4n) is 2.88. The summed E-state index contributed by atoms with van der Waals surface area (Å²) in [6.07, 6.45) is 11.8. The van der Waals surface area contributed by atoms with Crippen molar-refractivity contribution in [1.82, 2.24) is 4.72 Å². The van der Waals surface area contributed by atoms with E-state index in [4.69, 9.17) is 11.2 Å². The zero-order valence-electron chi connectivity index (χ0n) is 14.5. The Morgan fingerprint density at radius 1 is 1.52 bits per heavy atom. The molecular weight excluding hydrogens is 310 g/mol. The highest BCUT2D eigenvalue weighted by molar-refractivity contribution is 7.90. The molecule has 0 bridgehead atoms. The van der Waals surface area contributed by atoms with E-state index in [0.717, 1.165) is 25.7 Å². The smallest absolute Gasteiger partial charge is 0.315 e. The highest BCUT2D eigenvalue weighted by atomic mass is 32.2. The first kappa shape index (κ1) is 20.1. The van der Waals surface area contributed by atoms with Crippen LogP contribution in [0.2, 0.25) is 0 Å². The summed E-state index contributed by atoms with van der Waals surface area (Å²) < 4.78 is 20.7. The monoisotopic (exact) mass is 339 g/mol. The number of carbonyl (C=O) groups is 1. The largest absolute Gasteiger partial charge is 0.598 e. The van der Waals surface area contributed by atoms with Gasteiger partial charge in [-0.15, -0.1) is 17.1 Å². The SMILES string of the molecule is C#CC[C@@]1(C(=O)OCC=C)CCCCC[C@H]1N[S+]([O-])C(C)(C)C. The second kappa shape index (κ2) is 8.77. The number of rotatable bonds is 6. The van der Waals surface area contributed by atoms with Gasteiger partial charge >= 0.3 is 5.97 Å². The van der Waals surface area contributed by atoms with Gasteiger partial charge in [-0.2, -0.15) is 0 Å². The molecule has 1 aliphatic rings. The van der Waals surface area contributed by atoms with Crippen LogP contribution in [0.1, 0.15) is 59.3 Å². The molecule has 23 heavy (non-hydrogen) atoms. The summed E-state index contributed by atoms with van der Waals surface area (Å²) in [5.74, 6) is 2.33. The van der Waals surface area contributed by atoms with Crippen molar-refractivity contribution in [2.24, 2.45) is 5.41 Å². The lowest BCUT2D eigenvalue weighted by Crippen LogP contribution is -2.55. The molecule has 1 aliphatic carbocycles. The molecular formula is C18H29NO3S. The molecule has 130 valence electrons. The number of carbonyl (C=O) groups excluding carboxylic acids is 1. The highest BCUT2D eigenvalue weighted by Crippen LogP contribution is 2.40. The average molecular weight is 340 g/mol. The van der Waals surface area contributed by atoms with Gasteiger partial charge in [-0.25, -0.2) is 0 Å². The van der Waals surface area contributed by atoms with Gasteiger partial charge in [0.1, 0.15) is 11.4 Å². The van der Waals surface area contributed by atoms with Gasteiger partial charge in [-0.1, -0.05) is 31.9 Å². The van der Waals surface area contributed by atoms with Gasteiger partial charge in [0, 0.05) is 17.8 Å². The average Bonchev–Trinajstić information content (AvgIpc) is 2.68. The van der Waals surface area contributed by atoms with E-state index in [2.05, 4.69) is 17.2 Å². The fraction of sp³-hybridized carbons (Fsp3) is 0.722. The zero-order valence-corrected chi connectivity index (χ0v) is 15.3. The molecule has 0 heterocycles. The number of terminal acetylenes is 1. The minimum atomic E-state index is -1.26. The van der Waals surface area contributed by atoms with Gasteiger partial charge < -0.3 is 9.29 Å². The second-order valence-electron chi connectivity index (χ2n) is 7.08. The van der Waals surface area contributed by atoms with Gasteiger partial charge in [-0.3, -0.25) is 4.79 Å². The third-order valence-corrected chi connectivity index (χ3v) is 5.86. The molecule has 1 saturated carbocycles. The van der Waals surface area contributed by atoms with E-state index in [9.17, 15) is 9.35 Å². The van der Waals surface area contributed by atoms with E-state index in [-0.39, 0.29) is 18.6 Å². The Balaban J connectivity index is 3.09. The van der Waals surface area contributed by atoms with Gasteiger partial charge in [0.15, 0.2) is 0 Å². The van der Waals surface area contributed by atoms with Crippen LogP contribution in [0, 0.1) is 17.8 Å². The van der Waals surface area contributed by atoms with Crippen molar-refractivity contribution in [3.8, 4) is 12.3 Å². The summed E-state index contributed by atoms with van der Waals surface area (Å²) in [7, 11) is 0. The van der Waals surface area contributed by atoms with Crippen molar-refractivity contribution in [3.63, 3.8) is 0 Å². The number of nitrogens with one attached hydrogen (secondary N) is 1. The summed E-state index contributed by atoms with van der Waals surface area (Å²) in [4.78, 5) is 12.8. The van der Waals surface area contributed by atoms with Gasteiger partial charge in [-0.05, 0) is 33.6 Å². The molecule has 0 aromatic rings. The van der Waals surface area contributed by atoms with Crippen LogP contribution in [-0.4, -0.2) is 27.9 Å². The van der Waals surface area contributed by atoms with Crippen LogP contribution in [0.5, 0.6) is 0 Å². The van der Waals surface area contributed by atoms with Crippen LogP contribution in [0.15, 0.2) is 12.7 Å². The van der Waals surface area contributed by atoms with Crippen LogP contribution >= 0.6 is 0 Å². The van der Waals surface area contributed by atoms with Crippen LogP contribution in [0.25, 0.3) is 0 Å². The molecule has 1 rings (SSSR count). The molecule has 1 unspecified atom stereocenters. The third kappa shape index (κ3) is 5.27. The Hall–Kier alpha value is -0.960. The Labute approximate surface area is 143 Å². The summed E-state index contributed by atoms with van der Waals surface area (Å²) in [6, 6.07) is -0.238. The minimum absolute atomic E-state index is 0.167. The lowest BCUT2D eigenvalue weighted by atomic mass is 9.74. The number of hydrogen-bond donors (Lipinski definition) is 1. The predicted octanol–water partition coefficient (Wildman–Crippen LogP) is 3.11. The van der Waals surface area contributed by atoms with Crippen molar-refractivity contribution in [1.29, 1.82) is 0 Å². The van der Waals surface area contributed by atoms with E-state index in [1.54, 1.807) is 6.08 Å². The van der Waals surface area contributed by atoms with E-state index < -0.39 is 21.5 Å². The first-order valence-corrected chi connectivity index (χ1v) is 9.32. The van der Waals surface area contributed by atoms with E-state index in [1.165, 1.54) is 0 Å². The van der Waals surface area contributed by atoms with Gasteiger partial charge in [0.05, 0.1) is 11.5 Å². The molecule has 1 fully saturated rings. The maximum absolute atomic E-state index is 12.8. The Morgan fingerprint density at radius 2 is 2.22 bits per heavy atom. The fourth-order valence-corrected chi connectivity index (χ4v) is 3.84. The first-order valence-electron chi connectivity index (χ1n) is 8.17. The van der Waals surface area contributed by atoms with Crippen molar-refractivity contribution in [3.05, 3.63) is 12.7 Å². The Kier molecular flexibility index (Phi) is 7.66. The normalized spacial score (nSPS) is 26.7. The molecule has 3 atom stereocenters. The highest BCUT2D eigenvalue weighted by Gasteiger charge is 2.49. The number of esters is 1. The molecule has 0 aromatic carbocycles. The molecule has 0 radical (unpaired) electrons. The molecule has 0 aliphatic heterocycles. The number of hydrogen-bond acceptors (Lipinski definition) is 4. The topological polar surface area (TPSA) is 61.4 Å². The summed E-state index contributed by atoms with van der Waals surface area (Å²) in [5.41, 5.74) is -0.810. The van der Waals surface area contributed by atoms with E-state index >= 15 is 0 Å². The Morgan fingerprint density at radius 3 is 2.78 bits per heavy atom. The molecule has 4 nitrogen and oxygen atoms in total. The quantitative estimate of drug-likeness (QED) is 0.265. The molecule has 0 spiro atoms. The lowest BCUT2D eigenvalue weighted by molar-refractivity contribution is -0.156. The zero-order chi connectivity index (χ0) is 17.5. The van der Waals surface area contributed by atoms with Crippen molar-refractivity contribution < 1.29 is 14.1 Å². The van der Waals surface area contributed by atoms with Crippen molar-refractivity contribution in [2.75, 3.05) is 6.61 Å². The molecule has 1 N–H and O–H groups in total. The first-order chi connectivity index (χ1) is 10.8. The summed E-state index contributed by atoms with van der Waals surface area (Å²) in [5, 5.41) is 0. The molecule has 5 heteroatoms. The Bertz CT molecular complexity index is 452.